The average Bonchev–Trinajstić information content (AvgIpc) is 2.13. The zero-order valence-electron chi connectivity index (χ0n) is 10.8. The summed E-state index contributed by atoms with van der Waals surface area (Å²) in [5.74, 6) is 0.00188. The number of nitrogens with one attached hydrogen (secondary N) is 1. The summed E-state index contributed by atoms with van der Waals surface area (Å²) < 4.78 is 0. The molecule has 0 saturated carbocycles. The SMILES string of the molecule is CC(C)(N)C(C)(C)CCC(=O)N/C=C/CN. The molecule has 94 valence electrons. The molecular weight excluding hydrogens is 202 g/mol. The summed E-state index contributed by atoms with van der Waals surface area (Å²) in [6, 6.07) is 0. The van der Waals surface area contributed by atoms with Crippen molar-refractivity contribution in [3.8, 4) is 0 Å². The van der Waals surface area contributed by atoms with Crippen molar-refractivity contribution in [1.29, 1.82) is 0 Å². The van der Waals surface area contributed by atoms with E-state index in [1.165, 1.54) is 0 Å². The van der Waals surface area contributed by atoms with Gasteiger partial charge in [0.1, 0.15) is 0 Å². The van der Waals surface area contributed by atoms with Crippen LogP contribution in [0.5, 0.6) is 0 Å². The Balaban J connectivity index is 4.06. The molecule has 0 rings (SSSR count). The molecule has 0 atom stereocenters. The number of carbonyl (C=O) groups excluding carboxylic acids is 1. The van der Waals surface area contributed by atoms with Gasteiger partial charge in [-0.25, -0.2) is 0 Å². The largest absolute Gasteiger partial charge is 0.333 e. The van der Waals surface area contributed by atoms with Crippen molar-refractivity contribution in [3.05, 3.63) is 12.3 Å². The van der Waals surface area contributed by atoms with Gasteiger partial charge in [-0.1, -0.05) is 19.9 Å². The molecule has 4 heteroatoms. The van der Waals surface area contributed by atoms with Gasteiger partial charge in [-0.2, -0.15) is 0 Å². The van der Waals surface area contributed by atoms with Gasteiger partial charge >= 0.3 is 0 Å². The Labute approximate surface area is 98.5 Å². The molecule has 0 unspecified atom stereocenters. The van der Waals surface area contributed by atoms with Crippen LogP contribution in [0.15, 0.2) is 12.3 Å². The van der Waals surface area contributed by atoms with E-state index < -0.39 is 0 Å². The normalized spacial score (nSPS) is 13.1. The lowest BCUT2D eigenvalue weighted by Gasteiger charge is -2.38. The van der Waals surface area contributed by atoms with Crippen LogP contribution in [0, 0.1) is 5.41 Å². The van der Waals surface area contributed by atoms with E-state index in [4.69, 9.17) is 11.5 Å². The van der Waals surface area contributed by atoms with E-state index in [0.29, 0.717) is 13.0 Å². The highest BCUT2D eigenvalue weighted by Crippen LogP contribution is 2.32. The summed E-state index contributed by atoms with van der Waals surface area (Å²) in [6.45, 7) is 8.56. The molecule has 16 heavy (non-hydrogen) atoms. The maximum absolute atomic E-state index is 11.4. The lowest BCUT2D eigenvalue weighted by molar-refractivity contribution is -0.120. The summed E-state index contributed by atoms with van der Waals surface area (Å²) in [5.41, 5.74) is 11.0. The minimum absolute atomic E-state index is 0.00188. The van der Waals surface area contributed by atoms with Crippen LogP contribution in [0.4, 0.5) is 0 Å². The van der Waals surface area contributed by atoms with Crippen molar-refractivity contribution in [3.63, 3.8) is 0 Å². The topological polar surface area (TPSA) is 81.1 Å². The van der Waals surface area contributed by atoms with E-state index in [-0.39, 0.29) is 16.9 Å². The van der Waals surface area contributed by atoms with Gasteiger partial charge in [0.25, 0.3) is 0 Å². The van der Waals surface area contributed by atoms with Crippen molar-refractivity contribution in [1.82, 2.24) is 5.32 Å². The molecule has 0 saturated heterocycles. The highest BCUT2D eigenvalue weighted by Gasteiger charge is 2.33. The lowest BCUT2D eigenvalue weighted by Crippen LogP contribution is -2.47. The molecule has 5 N–H and O–H groups in total. The summed E-state index contributed by atoms with van der Waals surface area (Å²) in [5, 5.41) is 2.67. The molecule has 0 bridgehead atoms. The molecule has 0 aromatic rings. The van der Waals surface area contributed by atoms with E-state index in [9.17, 15) is 4.79 Å². The highest BCUT2D eigenvalue weighted by atomic mass is 16.1. The second-order valence-corrected chi connectivity index (χ2v) is 5.31. The maximum Gasteiger partial charge on any atom is 0.223 e. The van der Waals surface area contributed by atoms with E-state index in [2.05, 4.69) is 19.2 Å². The number of rotatable bonds is 6. The van der Waals surface area contributed by atoms with Gasteiger partial charge < -0.3 is 16.8 Å². The van der Waals surface area contributed by atoms with Crippen molar-refractivity contribution < 1.29 is 4.79 Å². The van der Waals surface area contributed by atoms with E-state index in [1.54, 1.807) is 12.3 Å². The Bertz CT molecular complexity index is 251. The average molecular weight is 227 g/mol. The Morgan fingerprint density at radius 3 is 2.31 bits per heavy atom. The third-order valence-electron chi connectivity index (χ3n) is 3.22. The fraction of sp³-hybridized carbons (Fsp3) is 0.750. The van der Waals surface area contributed by atoms with Crippen LogP contribution < -0.4 is 16.8 Å². The molecule has 0 aliphatic rings. The number of nitrogens with two attached hydrogens (primary N) is 2. The van der Waals surface area contributed by atoms with Crippen molar-refractivity contribution in [2.75, 3.05) is 6.54 Å². The van der Waals surface area contributed by atoms with Crippen LogP contribution in [0.3, 0.4) is 0 Å². The molecule has 4 nitrogen and oxygen atoms in total. The Morgan fingerprint density at radius 2 is 1.88 bits per heavy atom. The van der Waals surface area contributed by atoms with E-state index in [1.807, 2.05) is 13.8 Å². The molecule has 0 fully saturated rings. The quantitative estimate of drug-likeness (QED) is 0.636. The highest BCUT2D eigenvalue weighted by molar-refractivity contribution is 5.76. The minimum atomic E-state index is -0.291. The Hall–Kier alpha value is -0.870. The number of amides is 1. The first-order valence-corrected chi connectivity index (χ1v) is 5.64. The molecule has 0 aliphatic carbocycles. The van der Waals surface area contributed by atoms with Gasteiger partial charge in [0, 0.05) is 24.7 Å². The van der Waals surface area contributed by atoms with Crippen molar-refractivity contribution >= 4 is 5.91 Å². The molecular formula is C12H25N3O. The van der Waals surface area contributed by atoms with Crippen LogP contribution >= 0.6 is 0 Å². The van der Waals surface area contributed by atoms with E-state index in [0.717, 1.165) is 6.42 Å². The number of carbonyl (C=O) groups is 1. The second kappa shape index (κ2) is 6.01. The monoisotopic (exact) mass is 227 g/mol. The number of hydrogen-bond acceptors (Lipinski definition) is 3. The van der Waals surface area contributed by atoms with Gasteiger partial charge in [-0.3, -0.25) is 4.79 Å². The first kappa shape index (κ1) is 15.1. The zero-order chi connectivity index (χ0) is 12.8. The van der Waals surface area contributed by atoms with Gasteiger partial charge in [0.05, 0.1) is 0 Å². The first-order chi connectivity index (χ1) is 7.20. The molecule has 0 aromatic heterocycles. The van der Waals surface area contributed by atoms with Crippen LogP contribution in [-0.2, 0) is 4.79 Å². The lowest BCUT2D eigenvalue weighted by atomic mass is 9.72. The Kier molecular flexibility index (Phi) is 5.68. The fourth-order valence-corrected chi connectivity index (χ4v) is 1.04. The van der Waals surface area contributed by atoms with E-state index >= 15 is 0 Å². The standard InChI is InChI=1S/C12H25N3O/c1-11(2,12(3,4)14)7-6-10(16)15-9-5-8-13/h5,9H,6-8,13-14H2,1-4H3,(H,15,16)/b9-5+. The third kappa shape index (κ3) is 5.28. The zero-order valence-corrected chi connectivity index (χ0v) is 10.8. The predicted octanol–water partition coefficient (Wildman–Crippen LogP) is 1.12. The maximum atomic E-state index is 11.4. The molecule has 0 aliphatic heterocycles. The fourth-order valence-electron chi connectivity index (χ4n) is 1.04. The third-order valence-corrected chi connectivity index (χ3v) is 3.22. The molecule has 0 aromatic carbocycles. The first-order valence-electron chi connectivity index (χ1n) is 5.64. The summed E-state index contributed by atoms with van der Waals surface area (Å²) in [4.78, 5) is 11.4. The summed E-state index contributed by atoms with van der Waals surface area (Å²) in [6.07, 6.45) is 4.53. The predicted molar refractivity (Wildman–Crippen MR) is 67.6 cm³/mol. The summed E-state index contributed by atoms with van der Waals surface area (Å²) >= 11 is 0. The van der Waals surface area contributed by atoms with Crippen LogP contribution in [-0.4, -0.2) is 18.0 Å². The number of hydrogen-bond donors (Lipinski definition) is 3. The van der Waals surface area contributed by atoms with Crippen molar-refractivity contribution in [2.24, 2.45) is 16.9 Å². The molecule has 1 amide bonds. The molecule has 0 radical (unpaired) electrons. The van der Waals surface area contributed by atoms with Crippen LogP contribution in [0.2, 0.25) is 0 Å². The van der Waals surface area contributed by atoms with Crippen molar-refractivity contribution in [2.45, 2.75) is 46.1 Å². The smallest absolute Gasteiger partial charge is 0.223 e. The van der Waals surface area contributed by atoms with Crippen LogP contribution in [0.25, 0.3) is 0 Å². The van der Waals surface area contributed by atoms with Gasteiger partial charge in [0.2, 0.25) is 5.91 Å². The van der Waals surface area contributed by atoms with Gasteiger partial charge in [-0.15, -0.1) is 0 Å². The second-order valence-electron chi connectivity index (χ2n) is 5.31. The minimum Gasteiger partial charge on any atom is -0.333 e. The summed E-state index contributed by atoms with van der Waals surface area (Å²) in [7, 11) is 0. The van der Waals surface area contributed by atoms with Gasteiger partial charge in [0.15, 0.2) is 0 Å². The Morgan fingerprint density at radius 1 is 1.31 bits per heavy atom. The molecule has 0 spiro atoms. The van der Waals surface area contributed by atoms with Crippen LogP contribution in [0.1, 0.15) is 40.5 Å². The van der Waals surface area contributed by atoms with Gasteiger partial charge in [-0.05, 0) is 25.7 Å². The molecule has 0 heterocycles.